The molecule has 0 unspecified atom stereocenters. The van der Waals surface area contributed by atoms with Crippen LogP contribution in [0.4, 0.5) is 11.4 Å². The molecular weight excluding hydrogens is 486 g/mol. The molecule has 1 fully saturated rings. The summed E-state index contributed by atoms with van der Waals surface area (Å²) >= 11 is 5.86. The molecule has 1 saturated heterocycles. The number of nitrogens with zero attached hydrogens (tertiary/aromatic N) is 4. The Balaban J connectivity index is 1.68. The van der Waals surface area contributed by atoms with E-state index in [1.54, 1.807) is 12.3 Å². The van der Waals surface area contributed by atoms with Crippen LogP contribution >= 0.6 is 12.2 Å². The maximum Gasteiger partial charge on any atom is 0.273 e. The summed E-state index contributed by atoms with van der Waals surface area (Å²) in [4.78, 5) is 17.7. The van der Waals surface area contributed by atoms with Gasteiger partial charge in [-0.1, -0.05) is 23.8 Å². The van der Waals surface area contributed by atoms with Gasteiger partial charge in [0.1, 0.15) is 5.75 Å². The van der Waals surface area contributed by atoms with Gasteiger partial charge in [0.2, 0.25) is 0 Å². The summed E-state index contributed by atoms with van der Waals surface area (Å²) in [6.07, 6.45) is 1.79. The van der Waals surface area contributed by atoms with Crippen LogP contribution in [0.2, 0.25) is 0 Å². The van der Waals surface area contributed by atoms with Gasteiger partial charge < -0.3 is 19.5 Å². The molecule has 1 aliphatic heterocycles. The molecule has 9 heteroatoms. The molecule has 8 nitrogen and oxygen atoms in total. The zero-order chi connectivity index (χ0) is 26.3. The number of anilines is 1. The fourth-order valence-corrected chi connectivity index (χ4v) is 5.42. The first-order chi connectivity index (χ1) is 17.8. The minimum Gasteiger partial charge on any atom is -0.494 e. The molecule has 1 aliphatic rings. The second kappa shape index (κ2) is 9.67. The van der Waals surface area contributed by atoms with Crippen molar-refractivity contribution < 1.29 is 9.66 Å². The van der Waals surface area contributed by atoms with E-state index in [0.717, 1.165) is 34.0 Å². The summed E-state index contributed by atoms with van der Waals surface area (Å²) < 4.78 is 7.64. The molecule has 2 atom stereocenters. The fraction of sp³-hybridized carbons (Fsp3) is 0.214. The van der Waals surface area contributed by atoms with E-state index >= 15 is 0 Å². The molecule has 3 heterocycles. The molecule has 0 bridgehead atoms. The summed E-state index contributed by atoms with van der Waals surface area (Å²) in [6, 6.07) is 20.7. The van der Waals surface area contributed by atoms with Crippen molar-refractivity contribution in [2.45, 2.75) is 32.9 Å². The van der Waals surface area contributed by atoms with Crippen molar-refractivity contribution in [2.75, 3.05) is 12.0 Å². The third-order valence-corrected chi connectivity index (χ3v) is 7.13. The smallest absolute Gasteiger partial charge is 0.273 e. The van der Waals surface area contributed by atoms with Crippen molar-refractivity contribution in [1.29, 1.82) is 0 Å². The van der Waals surface area contributed by atoms with Gasteiger partial charge in [0, 0.05) is 29.3 Å². The number of benzene rings is 2. The number of methoxy groups -OCH3 is 1. The van der Waals surface area contributed by atoms with E-state index in [0.29, 0.717) is 10.9 Å². The van der Waals surface area contributed by atoms with E-state index in [9.17, 15) is 10.1 Å². The Hall–Kier alpha value is -4.24. The van der Waals surface area contributed by atoms with E-state index < -0.39 is 4.92 Å². The number of hydrogen-bond acceptors (Lipinski definition) is 5. The Kier molecular flexibility index (Phi) is 6.39. The van der Waals surface area contributed by atoms with Crippen molar-refractivity contribution in [1.82, 2.24) is 14.9 Å². The molecule has 4 aromatic rings. The maximum absolute atomic E-state index is 11.3. The van der Waals surface area contributed by atoms with Crippen molar-refractivity contribution >= 4 is 28.7 Å². The summed E-state index contributed by atoms with van der Waals surface area (Å²) in [7, 11) is 1.52. The Morgan fingerprint density at radius 3 is 2.46 bits per heavy atom. The first-order valence-electron chi connectivity index (χ1n) is 11.9. The lowest BCUT2D eigenvalue weighted by Crippen LogP contribution is -2.29. The number of nitrogens with one attached hydrogen (secondary N) is 1. The minimum absolute atomic E-state index is 0.0191. The predicted octanol–water partition coefficient (Wildman–Crippen LogP) is 5.89. The molecule has 2 aromatic carbocycles. The number of nitro benzene ring substituents is 1. The number of thiocarbonyl (C=S) groups is 1. The van der Waals surface area contributed by atoms with Crippen LogP contribution in [0.5, 0.6) is 5.75 Å². The zero-order valence-corrected chi connectivity index (χ0v) is 21.8. The SMILES string of the molecule is COc1cc([N+](=O)[O-])ccc1-n1c(C)cc([C@H]2[C@H](c3ccccn3)NC(=S)N2c2ccc(C)cc2)c1C. The van der Waals surface area contributed by atoms with Crippen LogP contribution in [0.25, 0.3) is 5.69 Å². The number of aromatic nitrogens is 2. The van der Waals surface area contributed by atoms with Crippen LogP contribution < -0.4 is 15.0 Å². The van der Waals surface area contributed by atoms with Gasteiger partial charge >= 0.3 is 0 Å². The van der Waals surface area contributed by atoms with Crippen molar-refractivity contribution in [3.8, 4) is 11.4 Å². The molecule has 0 saturated carbocycles. The monoisotopic (exact) mass is 513 g/mol. The fourth-order valence-electron chi connectivity index (χ4n) is 5.08. The number of pyridine rings is 1. The topological polar surface area (TPSA) is 85.5 Å². The lowest BCUT2D eigenvalue weighted by Gasteiger charge is -2.28. The summed E-state index contributed by atoms with van der Waals surface area (Å²) in [5, 5.41) is 15.5. The third-order valence-electron chi connectivity index (χ3n) is 6.81. The van der Waals surface area contributed by atoms with Gasteiger partial charge in [0.25, 0.3) is 5.69 Å². The van der Waals surface area contributed by atoms with Gasteiger partial charge in [-0.05, 0) is 75.0 Å². The van der Waals surface area contributed by atoms with Gasteiger partial charge in [-0.3, -0.25) is 15.1 Å². The van der Waals surface area contributed by atoms with Crippen molar-refractivity contribution in [3.05, 3.63) is 111 Å². The number of non-ortho nitro benzene ring substituents is 1. The van der Waals surface area contributed by atoms with Gasteiger partial charge in [-0.15, -0.1) is 0 Å². The molecule has 37 heavy (non-hydrogen) atoms. The minimum atomic E-state index is -0.421. The highest BCUT2D eigenvalue weighted by molar-refractivity contribution is 7.80. The number of rotatable bonds is 6. The van der Waals surface area contributed by atoms with Crippen molar-refractivity contribution in [2.24, 2.45) is 0 Å². The zero-order valence-electron chi connectivity index (χ0n) is 21.0. The number of nitro groups is 1. The van der Waals surface area contributed by atoms with Gasteiger partial charge in [-0.2, -0.15) is 0 Å². The third kappa shape index (κ3) is 4.31. The molecule has 2 aromatic heterocycles. The largest absolute Gasteiger partial charge is 0.494 e. The molecular formula is C28H27N5O3S. The van der Waals surface area contributed by atoms with Gasteiger partial charge in [0.15, 0.2) is 5.11 Å². The van der Waals surface area contributed by atoms with Crippen LogP contribution in [0, 0.1) is 30.9 Å². The van der Waals surface area contributed by atoms with Crippen LogP contribution in [-0.2, 0) is 0 Å². The maximum atomic E-state index is 11.3. The average molecular weight is 514 g/mol. The normalized spacial score (nSPS) is 17.1. The predicted molar refractivity (Wildman–Crippen MR) is 148 cm³/mol. The lowest BCUT2D eigenvalue weighted by molar-refractivity contribution is -0.384. The van der Waals surface area contributed by atoms with Crippen LogP contribution in [-0.4, -0.2) is 26.7 Å². The van der Waals surface area contributed by atoms with E-state index in [1.807, 2.05) is 32.0 Å². The molecule has 0 amide bonds. The second-order valence-corrected chi connectivity index (χ2v) is 9.49. The highest BCUT2D eigenvalue weighted by Crippen LogP contribution is 2.44. The van der Waals surface area contributed by atoms with Crippen LogP contribution in [0.1, 0.15) is 40.3 Å². The van der Waals surface area contributed by atoms with Crippen LogP contribution in [0.15, 0.2) is 72.9 Å². The number of aryl methyl sites for hydroxylation is 2. The van der Waals surface area contributed by atoms with E-state index in [1.165, 1.54) is 24.8 Å². The first-order valence-corrected chi connectivity index (χ1v) is 12.3. The average Bonchev–Trinajstić information content (AvgIpc) is 3.39. The lowest BCUT2D eigenvalue weighted by atomic mass is 9.96. The Labute approximate surface area is 220 Å². The quantitative estimate of drug-likeness (QED) is 0.195. The van der Waals surface area contributed by atoms with Crippen molar-refractivity contribution in [3.63, 3.8) is 0 Å². The highest BCUT2D eigenvalue weighted by atomic mass is 32.1. The molecule has 0 aliphatic carbocycles. The first kappa shape index (κ1) is 24.5. The van der Waals surface area contributed by atoms with Gasteiger partial charge in [0.05, 0.1) is 41.6 Å². The van der Waals surface area contributed by atoms with E-state index in [2.05, 4.69) is 57.0 Å². The van der Waals surface area contributed by atoms with Crippen LogP contribution in [0.3, 0.4) is 0 Å². The van der Waals surface area contributed by atoms with E-state index in [-0.39, 0.29) is 17.8 Å². The second-order valence-electron chi connectivity index (χ2n) is 9.11. The standard InChI is InChI=1S/C28H27N5O3S/c1-17-8-10-20(11-9-17)32-27(26(30-28(32)37)23-7-5-6-14-29-23)22-15-18(2)31(19(22)3)24-13-12-21(33(34)35)16-25(24)36-4/h5-16,26-27H,1-4H3,(H,30,37)/t26-,27-/m0/s1. The molecule has 188 valence electrons. The Bertz CT molecular complexity index is 1480. The Morgan fingerprint density at radius 1 is 1.05 bits per heavy atom. The number of ether oxygens (including phenoxy) is 1. The molecule has 5 rings (SSSR count). The number of hydrogen-bond donors (Lipinski definition) is 1. The molecule has 0 radical (unpaired) electrons. The summed E-state index contributed by atoms with van der Waals surface area (Å²) in [6.45, 7) is 6.13. The summed E-state index contributed by atoms with van der Waals surface area (Å²) in [5.41, 5.74) is 6.80. The summed E-state index contributed by atoms with van der Waals surface area (Å²) in [5.74, 6) is 0.430. The Morgan fingerprint density at radius 2 is 1.81 bits per heavy atom. The highest BCUT2D eigenvalue weighted by Gasteiger charge is 2.42. The molecule has 0 spiro atoms. The van der Waals surface area contributed by atoms with Gasteiger partial charge in [-0.25, -0.2) is 0 Å². The van der Waals surface area contributed by atoms with E-state index in [4.69, 9.17) is 17.0 Å². The molecule has 1 N–H and O–H groups in total.